The first kappa shape index (κ1) is 31.1. The van der Waals surface area contributed by atoms with Crippen LogP contribution in [-0.4, -0.2) is 101 Å². The molecule has 0 saturated carbocycles. The number of aliphatic hydroxyl groups excluding tert-OH is 1. The number of aromatic hydroxyl groups is 9. The van der Waals surface area contributed by atoms with E-state index in [9.17, 15) is 65.4 Å². The first-order valence-electron chi connectivity index (χ1n) is 12.3. The van der Waals surface area contributed by atoms with Crippen molar-refractivity contribution in [1.29, 1.82) is 0 Å². The van der Waals surface area contributed by atoms with E-state index in [1.165, 1.54) is 0 Å². The van der Waals surface area contributed by atoms with Gasteiger partial charge in [0.25, 0.3) is 0 Å². The summed E-state index contributed by atoms with van der Waals surface area (Å²) in [6, 6.07) is 2.73. The van der Waals surface area contributed by atoms with Crippen molar-refractivity contribution < 1.29 is 84.4 Å². The molecule has 44 heavy (non-hydrogen) atoms. The molecule has 10 N–H and O–H groups in total. The number of ether oxygens (including phenoxy) is 4. The third-order valence-electron chi connectivity index (χ3n) is 6.44. The van der Waals surface area contributed by atoms with Crippen molar-refractivity contribution in [1.82, 2.24) is 0 Å². The summed E-state index contributed by atoms with van der Waals surface area (Å²) in [6.07, 6.45) is -4.96. The smallest absolute Gasteiger partial charge is 0.340 e. The average molecular weight is 620 g/mol. The topological polar surface area (TPSA) is 290 Å². The van der Waals surface area contributed by atoms with E-state index in [0.717, 1.165) is 19.1 Å². The predicted molar refractivity (Wildman–Crippen MR) is 140 cm³/mol. The molecule has 1 aliphatic rings. The van der Waals surface area contributed by atoms with Crippen LogP contribution in [0.1, 0.15) is 38.0 Å². The van der Waals surface area contributed by atoms with Gasteiger partial charge in [-0.25, -0.2) is 14.4 Å². The van der Waals surface area contributed by atoms with Crippen LogP contribution >= 0.6 is 0 Å². The van der Waals surface area contributed by atoms with Crippen LogP contribution in [0.15, 0.2) is 24.3 Å². The standard InChI is InChI=1S/C27H24O17/c1-8(28)24-16(42-7-43-25(38)9-2-12(29)19(33)13(30)3-9)6-41-26(39)10-4-14(31)20(34)22(36)17(10)18-11(27(40)44-24)5-15(32)21(35)23(18)37/h2-5,8,16,24,28-37H,6-7H2,1H3/t8-,16?,24+/m1/s1. The average Bonchev–Trinajstić information content (AvgIpc) is 2.98. The molecule has 0 amide bonds. The monoisotopic (exact) mass is 620 g/mol. The molecule has 17 nitrogen and oxygen atoms in total. The molecular weight excluding hydrogens is 596 g/mol. The van der Waals surface area contributed by atoms with Crippen LogP contribution in [0.5, 0.6) is 51.7 Å². The summed E-state index contributed by atoms with van der Waals surface area (Å²) in [4.78, 5) is 38.9. The van der Waals surface area contributed by atoms with Gasteiger partial charge in [0.1, 0.15) is 12.7 Å². The van der Waals surface area contributed by atoms with E-state index in [-0.39, 0.29) is 0 Å². The summed E-state index contributed by atoms with van der Waals surface area (Å²) in [5, 5.41) is 101. The van der Waals surface area contributed by atoms with Gasteiger partial charge < -0.3 is 70.0 Å². The van der Waals surface area contributed by atoms with E-state index in [0.29, 0.717) is 12.1 Å². The van der Waals surface area contributed by atoms with Crippen molar-refractivity contribution in [3.8, 4) is 62.9 Å². The van der Waals surface area contributed by atoms with E-state index < -0.39 is 129 Å². The van der Waals surface area contributed by atoms with E-state index in [4.69, 9.17) is 18.9 Å². The number of carbonyl (C=O) groups excluding carboxylic acids is 3. The molecule has 0 bridgehead atoms. The quantitative estimate of drug-likeness (QED) is 0.0822. The van der Waals surface area contributed by atoms with E-state index in [1.807, 2.05) is 0 Å². The Morgan fingerprint density at radius 3 is 1.75 bits per heavy atom. The molecule has 1 unspecified atom stereocenters. The molecule has 1 aliphatic heterocycles. The Labute approximate surface area is 245 Å². The van der Waals surface area contributed by atoms with Crippen LogP contribution in [0.2, 0.25) is 0 Å². The van der Waals surface area contributed by atoms with Gasteiger partial charge >= 0.3 is 17.9 Å². The van der Waals surface area contributed by atoms with Crippen LogP contribution in [0.3, 0.4) is 0 Å². The molecule has 3 aromatic carbocycles. The lowest BCUT2D eigenvalue weighted by Gasteiger charge is -2.28. The van der Waals surface area contributed by atoms with Crippen LogP contribution in [0.25, 0.3) is 11.1 Å². The van der Waals surface area contributed by atoms with Crippen LogP contribution < -0.4 is 0 Å². The Balaban J connectivity index is 1.75. The lowest BCUT2D eigenvalue weighted by atomic mass is 9.92. The molecule has 17 heteroatoms. The zero-order chi connectivity index (χ0) is 32.6. The number of aliphatic hydroxyl groups is 1. The summed E-state index contributed by atoms with van der Waals surface area (Å²) < 4.78 is 20.8. The summed E-state index contributed by atoms with van der Waals surface area (Å²) >= 11 is 0. The van der Waals surface area contributed by atoms with Gasteiger partial charge in [0, 0.05) is 11.1 Å². The number of fused-ring (bicyclic) bond motifs is 3. The lowest BCUT2D eigenvalue weighted by molar-refractivity contribution is -0.145. The Morgan fingerprint density at radius 1 is 0.773 bits per heavy atom. The molecule has 0 spiro atoms. The minimum Gasteiger partial charge on any atom is -0.504 e. The van der Waals surface area contributed by atoms with Gasteiger partial charge in [0.15, 0.2) is 53.1 Å². The van der Waals surface area contributed by atoms with Gasteiger partial charge in [-0.1, -0.05) is 0 Å². The van der Waals surface area contributed by atoms with Crippen molar-refractivity contribution in [2.45, 2.75) is 25.2 Å². The fraction of sp³-hybridized carbons (Fsp3) is 0.222. The number of cyclic esters (lactones) is 2. The fourth-order valence-corrected chi connectivity index (χ4v) is 4.24. The van der Waals surface area contributed by atoms with Crippen molar-refractivity contribution >= 4 is 17.9 Å². The van der Waals surface area contributed by atoms with Gasteiger partial charge in [-0.15, -0.1) is 0 Å². The Bertz CT molecular complexity index is 1640. The number of esters is 3. The van der Waals surface area contributed by atoms with Crippen molar-refractivity contribution in [3.05, 3.63) is 41.0 Å². The third kappa shape index (κ3) is 5.63. The van der Waals surface area contributed by atoms with Gasteiger partial charge in [0.05, 0.1) is 22.8 Å². The highest BCUT2D eigenvalue weighted by Gasteiger charge is 2.38. The molecule has 1 heterocycles. The van der Waals surface area contributed by atoms with Crippen molar-refractivity contribution in [3.63, 3.8) is 0 Å². The van der Waals surface area contributed by atoms with Gasteiger partial charge in [0.2, 0.25) is 11.5 Å². The second-order valence-corrected chi connectivity index (χ2v) is 9.36. The number of benzene rings is 3. The van der Waals surface area contributed by atoms with Crippen LogP contribution in [-0.2, 0) is 18.9 Å². The summed E-state index contributed by atoms with van der Waals surface area (Å²) in [6.45, 7) is -0.698. The highest BCUT2D eigenvalue weighted by Crippen LogP contribution is 2.52. The van der Waals surface area contributed by atoms with Crippen LogP contribution in [0, 0.1) is 0 Å². The maximum absolute atomic E-state index is 13.4. The minimum absolute atomic E-state index is 0.423. The Kier molecular flexibility index (Phi) is 8.36. The van der Waals surface area contributed by atoms with E-state index >= 15 is 0 Å². The Hall–Kier alpha value is -5.81. The third-order valence-corrected chi connectivity index (χ3v) is 6.44. The highest BCUT2D eigenvalue weighted by molar-refractivity contribution is 6.08. The normalized spacial score (nSPS) is 17.3. The molecule has 0 saturated heterocycles. The molecule has 0 aliphatic carbocycles. The highest BCUT2D eigenvalue weighted by atomic mass is 16.7. The fourth-order valence-electron chi connectivity index (χ4n) is 4.24. The zero-order valence-electron chi connectivity index (χ0n) is 22.3. The zero-order valence-corrected chi connectivity index (χ0v) is 22.3. The predicted octanol–water partition coefficient (Wildman–Crippen LogP) is 0.980. The SMILES string of the molecule is C[C@@H](O)[C@@H]1OC(=O)c2cc(O)c(O)c(O)c2-c2c(cc(O)c(O)c2O)C(=O)OCC1OCOC(=O)c1cc(O)c(O)c(O)c1. The lowest BCUT2D eigenvalue weighted by Crippen LogP contribution is -2.44. The number of hydrogen-bond acceptors (Lipinski definition) is 17. The number of hydrogen-bond donors (Lipinski definition) is 10. The minimum atomic E-state index is -1.74. The molecule has 4 rings (SSSR count). The van der Waals surface area contributed by atoms with Gasteiger partial charge in [-0.3, -0.25) is 0 Å². The van der Waals surface area contributed by atoms with E-state index in [2.05, 4.69) is 0 Å². The molecule has 0 radical (unpaired) electrons. The molecule has 234 valence electrons. The second-order valence-electron chi connectivity index (χ2n) is 9.36. The summed E-state index contributed by atoms with van der Waals surface area (Å²) in [5.41, 5.74) is -3.67. The molecule has 0 fully saturated rings. The molecule has 3 atom stereocenters. The molecule has 0 aromatic heterocycles. The van der Waals surface area contributed by atoms with Gasteiger partial charge in [-0.2, -0.15) is 0 Å². The largest absolute Gasteiger partial charge is 0.504 e. The first-order chi connectivity index (χ1) is 20.6. The first-order valence-corrected chi connectivity index (χ1v) is 12.3. The summed E-state index contributed by atoms with van der Waals surface area (Å²) in [5.74, 6) is -13.6. The Morgan fingerprint density at radius 2 is 1.25 bits per heavy atom. The van der Waals surface area contributed by atoms with Crippen LogP contribution in [0.4, 0.5) is 0 Å². The number of carbonyl (C=O) groups is 3. The van der Waals surface area contributed by atoms with Crippen molar-refractivity contribution in [2.24, 2.45) is 0 Å². The molecular formula is C27H24O17. The molecule has 3 aromatic rings. The number of rotatable bonds is 5. The summed E-state index contributed by atoms with van der Waals surface area (Å²) in [7, 11) is 0. The maximum Gasteiger partial charge on any atom is 0.340 e. The number of phenols is 9. The van der Waals surface area contributed by atoms with Crippen molar-refractivity contribution in [2.75, 3.05) is 13.4 Å². The second kappa shape index (κ2) is 11.8. The van der Waals surface area contributed by atoms with Gasteiger partial charge in [-0.05, 0) is 31.2 Å². The van der Waals surface area contributed by atoms with E-state index in [1.54, 1.807) is 0 Å². The number of phenolic OH excluding ortho intramolecular Hbond substituents is 9. The maximum atomic E-state index is 13.4.